The van der Waals surface area contributed by atoms with Crippen molar-refractivity contribution in [2.45, 2.75) is 17.7 Å². The molecule has 7 nitrogen and oxygen atoms in total. The van der Waals surface area contributed by atoms with Crippen LogP contribution in [0.15, 0.2) is 47.4 Å². The second-order valence-corrected chi connectivity index (χ2v) is 8.14. The Morgan fingerprint density at radius 3 is 2.43 bits per heavy atom. The Balaban J connectivity index is 1.99. The maximum absolute atomic E-state index is 12.6. The zero-order valence-corrected chi connectivity index (χ0v) is 17.4. The number of sulfonamides is 1. The van der Waals surface area contributed by atoms with Crippen molar-refractivity contribution >= 4 is 15.9 Å². The van der Waals surface area contributed by atoms with Gasteiger partial charge in [0.1, 0.15) is 0 Å². The highest BCUT2D eigenvalue weighted by atomic mass is 32.2. The Morgan fingerprint density at radius 1 is 1.07 bits per heavy atom. The molecule has 28 heavy (non-hydrogen) atoms. The molecule has 8 heteroatoms. The Bertz CT molecular complexity index is 928. The first-order valence-corrected chi connectivity index (χ1v) is 10.3. The van der Waals surface area contributed by atoms with Crippen molar-refractivity contribution in [1.29, 1.82) is 0 Å². The van der Waals surface area contributed by atoms with Crippen molar-refractivity contribution < 1.29 is 22.7 Å². The van der Waals surface area contributed by atoms with E-state index in [1.165, 1.54) is 19.2 Å². The summed E-state index contributed by atoms with van der Waals surface area (Å²) in [5.74, 6) is 1.13. The first kappa shape index (κ1) is 21.7. The number of ether oxygens (including phenoxy) is 2. The quantitative estimate of drug-likeness (QED) is 0.691. The lowest BCUT2D eigenvalue weighted by Crippen LogP contribution is -2.28. The molecule has 2 aromatic carbocycles. The van der Waals surface area contributed by atoms with Gasteiger partial charge in [0, 0.05) is 19.2 Å². The Morgan fingerprint density at radius 2 is 1.79 bits per heavy atom. The minimum absolute atomic E-state index is 0.0691. The molecule has 1 N–H and O–H groups in total. The monoisotopic (exact) mass is 406 g/mol. The number of nitrogens with one attached hydrogen (secondary N) is 1. The lowest BCUT2D eigenvalue weighted by atomic mass is 10.1. The number of nitrogens with zero attached hydrogens (tertiary/aromatic N) is 1. The summed E-state index contributed by atoms with van der Waals surface area (Å²) < 4.78 is 36.6. The fourth-order valence-corrected chi connectivity index (χ4v) is 3.57. The van der Waals surface area contributed by atoms with Gasteiger partial charge in [0.2, 0.25) is 10.0 Å². The summed E-state index contributed by atoms with van der Waals surface area (Å²) in [6.45, 7) is 0.538. The third-order valence-electron chi connectivity index (χ3n) is 4.41. The molecule has 2 rings (SSSR count). The highest BCUT2D eigenvalue weighted by Gasteiger charge is 2.16. The summed E-state index contributed by atoms with van der Waals surface area (Å²) >= 11 is 0. The van der Waals surface area contributed by atoms with Crippen LogP contribution >= 0.6 is 0 Å². The van der Waals surface area contributed by atoms with E-state index < -0.39 is 10.0 Å². The van der Waals surface area contributed by atoms with Crippen LogP contribution in [-0.2, 0) is 16.4 Å². The predicted molar refractivity (Wildman–Crippen MR) is 108 cm³/mol. The molecule has 0 radical (unpaired) electrons. The van der Waals surface area contributed by atoms with Gasteiger partial charge >= 0.3 is 0 Å². The van der Waals surface area contributed by atoms with Crippen LogP contribution in [0.4, 0.5) is 0 Å². The van der Waals surface area contributed by atoms with Gasteiger partial charge < -0.3 is 14.4 Å². The highest BCUT2D eigenvalue weighted by molar-refractivity contribution is 7.89. The van der Waals surface area contributed by atoms with E-state index in [1.54, 1.807) is 38.3 Å². The molecule has 0 fully saturated rings. The molecule has 0 atom stereocenters. The van der Waals surface area contributed by atoms with Gasteiger partial charge in [-0.25, -0.2) is 13.1 Å². The summed E-state index contributed by atoms with van der Waals surface area (Å²) in [4.78, 5) is 14.3. The predicted octanol–water partition coefficient (Wildman–Crippen LogP) is 2.32. The fraction of sp³-hybridized carbons (Fsp3) is 0.350. The van der Waals surface area contributed by atoms with Crippen molar-refractivity contribution in [3.63, 3.8) is 0 Å². The normalized spacial score (nSPS) is 11.1. The number of hydrogen-bond donors (Lipinski definition) is 1. The molecule has 2 aromatic rings. The van der Waals surface area contributed by atoms with Crippen LogP contribution in [0.5, 0.6) is 11.5 Å². The van der Waals surface area contributed by atoms with Gasteiger partial charge in [-0.15, -0.1) is 0 Å². The van der Waals surface area contributed by atoms with E-state index in [1.807, 2.05) is 18.2 Å². The molecule has 0 aromatic heterocycles. The lowest BCUT2D eigenvalue weighted by molar-refractivity contribution is 0.0793. The largest absolute Gasteiger partial charge is 0.493 e. The van der Waals surface area contributed by atoms with Crippen molar-refractivity contribution in [3.8, 4) is 11.5 Å². The molecule has 0 aliphatic rings. The number of aryl methyl sites for hydroxylation is 1. The molecule has 0 aliphatic heterocycles. The zero-order chi connectivity index (χ0) is 20.7. The van der Waals surface area contributed by atoms with Crippen LogP contribution < -0.4 is 14.2 Å². The highest BCUT2D eigenvalue weighted by Crippen LogP contribution is 2.28. The Hall–Kier alpha value is -2.58. The second-order valence-electron chi connectivity index (χ2n) is 6.25. The van der Waals surface area contributed by atoms with Crippen LogP contribution in [0.1, 0.15) is 22.3 Å². The first-order valence-electron chi connectivity index (χ1n) is 8.82. The minimum Gasteiger partial charge on any atom is -0.493 e. The van der Waals surface area contributed by atoms with Gasteiger partial charge in [0.25, 0.3) is 5.91 Å². The van der Waals surface area contributed by atoms with Crippen molar-refractivity contribution in [2.24, 2.45) is 0 Å². The smallest absolute Gasteiger partial charge is 0.253 e. The fourth-order valence-electron chi connectivity index (χ4n) is 2.79. The van der Waals surface area contributed by atoms with Crippen LogP contribution in [0.2, 0.25) is 0 Å². The second kappa shape index (κ2) is 9.57. The Labute approximate surface area is 166 Å². The van der Waals surface area contributed by atoms with E-state index in [0.29, 0.717) is 23.6 Å². The summed E-state index contributed by atoms with van der Waals surface area (Å²) in [7, 11) is 2.64. The Kier molecular flexibility index (Phi) is 7.42. The number of carbonyl (C=O) groups is 1. The van der Waals surface area contributed by atoms with Crippen molar-refractivity contribution in [3.05, 3.63) is 53.6 Å². The lowest BCUT2D eigenvalue weighted by Gasteiger charge is -2.18. The van der Waals surface area contributed by atoms with Gasteiger partial charge in [-0.05, 0) is 55.8 Å². The average molecular weight is 407 g/mol. The summed E-state index contributed by atoms with van der Waals surface area (Å²) in [6.07, 6.45) is 1.53. The minimum atomic E-state index is -3.59. The van der Waals surface area contributed by atoms with E-state index in [9.17, 15) is 13.2 Å². The third-order valence-corrected chi connectivity index (χ3v) is 5.83. The average Bonchev–Trinajstić information content (AvgIpc) is 2.72. The van der Waals surface area contributed by atoms with Gasteiger partial charge in [-0.1, -0.05) is 12.1 Å². The molecule has 0 spiro atoms. The molecular formula is C20H26N2O5S. The first-order chi connectivity index (χ1) is 13.3. The van der Waals surface area contributed by atoms with Gasteiger partial charge in [0.15, 0.2) is 11.5 Å². The molecule has 0 saturated carbocycles. The standard InChI is InChI=1S/C20H26N2O5S/c1-21-28(24,25)17-9-5-8-16(14-17)20(23)22(2)12-6-7-15-10-11-18(26-3)19(13-15)27-4/h5,8-11,13-14,21H,6-7,12H2,1-4H3. The molecule has 152 valence electrons. The number of amides is 1. The topological polar surface area (TPSA) is 84.9 Å². The van der Waals surface area contributed by atoms with Crippen LogP contribution in [0.25, 0.3) is 0 Å². The molecule has 0 saturated heterocycles. The maximum Gasteiger partial charge on any atom is 0.253 e. The third kappa shape index (κ3) is 5.24. The van der Waals surface area contributed by atoms with Crippen LogP contribution in [0.3, 0.4) is 0 Å². The van der Waals surface area contributed by atoms with Gasteiger partial charge in [-0.3, -0.25) is 4.79 Å². The molecule has 0 bridgehead atoms. The molecule has 0 aliphatic carbocycles. The van der Waals surface area contributed by atoms with Crippen LogP contribution in [-0.4, -0.2) is 54.1 Å². The number of carbonyl (C=O) groups excluding carboxylic acids is 1. The SMILES string of the molecule is CNS(=O)(=O)c1cccc(C(=O)N(C)CCCc2ccc(OC)c(OC)c2)c1. The van der Waals surface area contributed by atoms with E-state index in [0.717, 1.165) is 18.4 Å². The van der Waals surface area contributed by atoms with Gasteiger partial charge in [-0.2, -0.15) is 0 Å². The molecular weight excluding hydrogens is 380 g/mol. The number of hydrogen-bond acceptors (Lipinski definition) is 5. The number of rotatable bonds is 9. The van der Waals surface area contributed by atoms with Crippen molar-refractivity contribution in [1.82, 2.24) is 9.62 Å². The summed E-state index contributed by atoms with van der Waals surface area (Å²) in [5.41, 5.74) is 1.42. The number of benzene rings is 2. The van der Waals surface area contributed by atoms with E-state index in [2.05, 4.69) is 4.72 Å². The zero-order valence-electron chi connectivity index (χ0n) is 16.6. The maximum atomic E-state index is 12.6. The molecule has 0 unspecified atom stereocenters. The van der Waals surface area contributed by atoms with Crippen molar-refractivity contribution in [2.75, 3.05) is 34.9 Å². The summed E-state index contributed by atoms with van der Waals surface area (Å²) in [5, 5.41) is 0. The van der Waals surface area contributed by atoms with E-state index >= 15 is 0 Å². The van der Waals surface area contributed by atoms with Gasteiger partial charge in [0.05, 0.1) is 19.1 Å². The summed E-state index contributed by atoms with van der Waals surface area (Å²) in [6, 6.07) is 11.8. The molecule has 0 heterocycles. The van der Waals surface area contributed by atoms with Crippen LogP contribution in [0, 0.1) is 0 Å². The molecule has 1 amide bonds. The number of methoxy groups -OCH3 is 2. The van der Waals surface area contributed by atoms with E-state index in [-0.39, 0.29) is 10.8 Å². The van der Waals surface area contributed by atoms with E-state index in [4.69, 9.17) is 9.47 Å².